The molecule has 0 saturated heterocycles. The fourth-order valence-corrected chi connectivity index (χ4v) is 2.76. The van der Waals surface area contributed by atoms with Gasteiger partial charge in [0.05, 0.1) is 0 Å². The molecule has 20 heavy (non-hydrogen) atoms. The molecule has 1 unspecified atom stereocenters. The molecule has 0 aliphatic carbocycles. The maximum atomic E-state index is 13.7. The Bertz CT molecular complexity index is 565. The molecule has 0 heterocycles. The Labute approximate surface area is 120 Å². The molecule has 0 aliphatic heterocycles. The molecule has 3 N–H and O–H groups in total. The van der Waals surface area contributed by atoms with E-state index < -0.39 is 15.8 Å². The third kappa shape index (κ3) is 4.26. The van der Waals surface area contributed by atoms with E-state index in [2.05, 4.69) is 4.72 Å². The second kappa shape index (κ2) is 6.20. The molecule has 1 aromatic rings. The lowest BCUT2D eigenvalue weighted by Gasteiger charge is -2.27. The van der Waals surface area contributed by atoms with Gasteiger partial charge in [0.25, 0.3) is 0 Å². The molecule has 1 aromatic carbocycles. The number of nitrogens with one attached hydrogen (secondary N) is 1. The molecule has 0 aliphatic rings. The maximum absolute atomic E-state index is 13.7. The number of hydrogen-bond donors (Lipinski definition) is 2. The molecule has 0 bridgehead atoms. The lowest BCUT2D eigenvalue weighted by Crippen LogP contribution is -2.34. The summed E-state index contributed by atoms with van der Waals surface area (Å²) in [6.45, 7) is 8.47. The largest absolute Gasteiger partial charge is 0.326 e. The molecule has 0 saturated carbocycles. The van der Waals surface area contributed by atoms with Gasteiger partial charge in [0, 0.05) is 13.1 Å². The molecular weight excluding hydrogens is 279 g/mol. The third-order valence-corrected chi connectivity index (χ3v) is 5.02. The van der Waals surface area contributed by atoms with Crippen LogP contribution in [0.15, 0.2) is 23.1 Å². The number of rotatable bonds is 5. The quantitative estimate of drug-likeness (QED) is 0.876. The predicted octanol–water partition coefficient (Wildman–Crippen LogP) is 2.24. The molecule has 0 amide bonds. The van der Waals surface area contributed by atoms with Gasteiger partial charge < -0.3 is 5.73 Å². The minimum absolute atomic E-state index is 0.0276. The summed E-state index contributed by atoms with van der Waals surface area (Å²) in [5.74, 6) is -0.642. The molecule has 4 nitrogen and oxygen atoms in total. The van der Waals surface area contributed by atoms with Gasteiger partial charge in [0.2, 0.25) is 10.0 Å². The van der Waals surface area contributed by atoms with Crippen molar-refractivity contribution < 1.29 is 12.8 Å². The Morgan fingerprint density at radius 1 is 1.35 bits per heavy atom. The Balaban J connectivity index is 2.95. The molecule has 0 spiro atoms. The minimum Gasteiger partial charge on any atom is -0.326 e. The second-order valence-electron chi connectivity index (χ2n) is 6.09. The summed E-state index contributed by atoms with van der Waals surface area (Å²) in [6.07, 6.45) is 0. The average molecular weight is 302 g/mol. The van der Waals surface area contributed by atoms with Gasteiger partial charge in [0.15, 0.2) is 0 Å². The SMILES string of the molecule is CC(CNS(=O)(=O)c1cc(CN)ccc1F)C(C)(C)C. The topological polar surface area (TPSA) is 72.2 Å². The maximum Gasteiger partial charge on any atom is 0.243 e. The Kier molecular flexibility index (Phi) is 5.29. The Morgan fingerprint density at radius 3 is 2.45 bits per heavy atom. The highest BCUT2D eigenvalue weighted by molar-refractivity contribution is 7.89. The van der Waals surface area contributed by atoms with Crippen LogP contribution >= 0.6 is 0 Å². The van der Waals surface area contributed by atoms with Crippen LogP contribution in [0.5, 0.6) is 0 Å². The zero-order valence-corrected chi connectivity index (χ0v) is 13.2. The molecule has 1 rings (SSSR count). The molecule has 6 heteroatoms. The van der Waals surface area contributed by atoms with Crippen LogP contribution in [-0.4, -0.2) is 15.0 Å². The zero-order valence-electron chi connectivity index (χ0n) is 12.4. The van der Waals surface area contributed by atoms with Crippen LogP contribution in [0.2, 0.25) is 0 Å². The summed E-state index contributed by atoms with van der Waals surface area (Å²) < 4.78 is 40.5. The normalized spacial score (nSPS) is 14.3. The lowest BCUT2D eigenvalue weighted by atomic mass is 9.82. The summed E-state index contributed by atoms with van der Waals surface area (Å²) in [5, 5.41) is 0. The van der Waals surface area contributed by atoms with Crippen molar-refractivity contribution in [3.05, 3.63) is 29.6 Å². The van der Waals surface area contributed by atoms with Crippen molar-refractivity contribution in [2.75, 3.05) is 6.54 Å². The van der Waals surface area contributed by atoms with Crippen molar-refractivity contribution in [2.24, 2.45) is 17.1 Å². The van der Waals surface area contributed by atoms with Gasteiger partial charge in [0.1, 0.15) is 10.7 Å². The van der Waals surface area contributed by atoms with E-state index in [0.717, 1.165) is 6.07 Å². The van der Waals surface area contributed by atoms with Crippen LogP contribution in [0.4, 0.5) is 4.39 Å². The van der Waals surface area contributed by atoms with E-state index in [1.807, 2.05) is 27.7 Å². The number of nitrogens with two attached hydrogens (primary N) is 1. The molecule has 0 fully saturated rings. The van der Waals surface area contributed by atoms with Gasteiger partial charge in [-0.15, -0.1) is 0 Å². The van der Waals surface area contributed by atoms with Crippen LogP contribution in [-0.2, 0) is 16.6 Å². The number of benzene rings is 1. The van der Waals surface area contributed by atoms with Crippen LogP contribution in [0.1, 0.15) is 33.3 Å². The van der Waals surface area contributed by atoms with E-state index in [1.165, 1.54) is 12.1 Å². The fraction of sp³-hybridized carbons (Fsp3) is 0.571. The van der Waals surface area contributed by atoms with Crippen LogP contribution in [0.25, 0.3) is 0 Å². The van der Waals surface area contributed by atoms with Crippen LogP contribution in [0.3, 0.4) is 0 Å². The molecular formula is C14H23FN2O2S. The van der Waals surface area contributed by atoms with Gasteiger partial charge in [-0.2, -0.15) is 0 Å². The van der Waals surface area contributed by atoms with Crippen LogP contribution < -0.4 is 10.5 Å². The summed E-state index contributed by atoms with van der Waals surface area (Å²) >= 11 is 0. The van der Waals surface area contributed by atoms with Gasteiger partial charge in [-0.05, 0) is 29.0 Å². The second-order valence-corrected chi connectivity index (χ2v) is 7.82. The first-order chi connectivity index (χ1) is 9.08. The number of hydrogen-bond acceptors (Lipinski definition) is 3. The van der Waals surface area contributed by atoms with E-state index >= 15 is 0 Å². The van der Waals surface area contributed by atoms with Crippen LogP contribution in [0, 0.1) is 17.2 Å². The average Bonchev–Trinajstić information content (AvgIpc) is 2.35. The molecule has 1 atom stereocenters. The van der Waals surface area contributed by atoms with E-state index in [9.17, 15) is 12.8 Å². The Morgan fingerprint density at radius 2 is 1.95 bits per heavy atom. The highest BCUT2D eigenvalue weighted by Gasteiger charge is 2.24. The smallest absolute Gasteiger partial charge is 0.243 e. The van der Waals surface area contributed by atoms with Crippen molar-refractivity contribution in [2.45, 2.75) is 39.1 Å². The number of sulfonamides is 1. The van der Waals surface area contributed by atoms with E-state index in [-0.39, 0.29) is 29.3 Å². The summed E-state index contributed by atoms with van der Waals surface area (Å²) in [6, 6.07) is 3.88. The fourth-order valence-electron chi connectivity index (χ4n) is 1.50. The zero-order chi connectivity index (χ0) is 15.6. The third-order valence-electron chi connectivity index (χ3n) is 3.58. The van der Waals surface area contributed by atoms with E-state index in [0.29, 0.717) is 5.56 Å². The Hall–Kier alpha value is -0.980. The predicted molar refractivity (Wildman–Crippen MR) is 78.1 cm³/mol. The van der Waals surface area contributed by atoms with Gasteiger partial charge >= 0.3 is 0 Å². The first-order valence-electron chi connectivity index (χ1n) is 6.56. The lowest BCUT2D eigenvalue weighted by molar-refractivity contribution is 0.263. The summed E-state index contributed by atoms with van der Waals surface area (Å²) in [5.41, 5.74) is 6.01. The minimum atomic E-state index is -3.86. The number of halogens is 1. The van der Waals surface area contributed by atoms with Gasteiger partial charge in [-0.3, -0.25) is 0 Å². The van der Waals surface area contributed by atoms with Crippen molar-refractivity contribution in [3.8, 4) is 0 Å². The van der Waals surface area contributed by atoms with Crippen molar-refractivity contribution in [3.63, 3.8) is 0 Å². The van der Waals surface area contributed by atoms with Gasteiger partial charge in [-0.1, -0.05) is 33.8 Å². The van der Waals surface area contributed by atoms with Gasteiger partial charge in [-0.25, -0.2) is 17.5 Å². The molecule has 114 valence electrons. The highest BCUT2D eigenvalue weighted by atomic mass is 32.2. The monoisotopic (exact) mass is 302 g/mol. The standard InChI is InChI=1S/C14H23FN2O2S/c1-10(14(2,3)4)9-17-20(18,19)13-7-11(8-16)5-6-12(13)15/h5-7,10,17H,8-9,16H2,1-4H3. The van der Waals surface area contributed by atoms with Crippen molar-refractivity contribution >= 4 is 10.0 Å². The van der Waals surface area contributed by atoms with E-state index in [1.54, 1.807) is 0 Å². The molecule has 0 aromatic heterocycles. The first kappa shape index (κ1) is 17.1. The summed E-state index contributed by atoms with van der Waals surface area (Å²) in [4.78, 5) is -0.346. The summed E-state index contributed by atoms with van der Waals surface area (Å²) in [7, 11) is -3.86. The van der Waals surface area contributed by atoms with Crippen molar-refractivity contribution in [1.29, 1.82) is 0 Å². The molecule has 0 radical (unpaired) electrons. The first-order valence-corrected chi connectivity index (χ1v) is 8.04. The van der Waals surface area contributed by atoms with E-state index in [4.69, 9.17) is 5.73 Å². The highest BCUT2D eigenvalue weighted by Crippen LogP contribution is 2.25. The van der Waals surface area contributed by atoms with Crippen molar-refractivity contribution in [1.82, 2.24) is 4.72 Å².